The van der Waals surface area contributed by atoms with Crippen LogP contribution in [0.5, 0.6) is 0 Å². The monoisotopic (exact) mass is 1030 g/mol. The van der Waals surface area contributed by atoms with Crippen molar-refractivity contribution in [1.29, 1.82) is 0 Å². The molecule has 0 aliphatic carbocycles. The molecule has 0 aromatic heterocycles. The molecule has 0 heterocycles. The van der Waals surface area contributed by atoms with Gasteiger partial charge < -0.3 is 15.5 Å². The van der Waals surface area contributed by atoms with E-state index < -0.39 is 12.1 Å². The van der Waals surface area contributed by atoms with Crippen molar-refractivity contribution in [2.45, 2.75) is 405 Å². The van der Waals surface area contributed by atoms with Crippen LogP contribution in [0.3, 0.4) is 0 Å². The van der Waals surface area contributed by atoms with Crippen molar-refractivity contribution in [3.05, 3.63) is 24.3 Å². The fourth-order valence-corrected chi connectivity index (χ4v) is 11.0. The van der Waals surface area contributed by atoms with Gasteiger partial charge >= 0.3 is 0 Å². The first-order valence-electron chi connectivity index (χ1n) is 34.1. The van der Waals surface area contributed by atoms with Crippen LogP contribution < -0.4 is 5.32 Å². The third kappa shape index (κ3) is 61.6. The van der Waals surface area contributed by atoms with Crippen LogP contribution in [0.4, 0.5) is 0 Å². The molecule has 434 valence electrons. The maximum atomic E-state index is 12.5. The van der Waals surface area contributed by atoms with Crippen LogP contribution in [0.15, 0.2) is 24.3 Å². The summed E-state index contributed by atoms with van der Waals surface area (Å²) in [5.41, 5.74) is 0. The molecule has 1 amide bonds. The molecule has 2 unspecified atom stereocenters. The van der Waals surface area contributed by atoms with Crippen LogP contribution in [-0.4, -0.2) is 34.9 Å². The van der Waals surface area contributed by atoms with Crippen LogP contribution in [0, 0.1) is 0 Å². The van der Waals surface area contributed by atoms with Gasteiger partial charge in [0.15, 0.2) is 0 Å². The van der Waals surface area contributed by atoms with E-state index in [9.17, 15) is 15.0 Å². The van der Waals surface area contributed by atoms with Crippen molar-refractivity contribution in [3.63, 3.8) is 0 Å². The number of hydrogen-bond donors (Lipinski definition) is 3. The fourth-order valence-electron chi connectivity index (χ4n) is 11.0. The van der Waals surface area contributed by atoms with E-state index in [0.29, 0.717) is 6.42 Å². The van der Waals surface area contributed by atoms with Crippen molar-refractivity contribution in [3.8, 4) is 0 Å². The summed E-state index contributed by atoms with van der Waals surface area (Å²) in [6.45, 7) is 4.35. The number of aliphatic hydroxyl groups is 2. The standard InChI is InChI=1S/C69H135NO3/c1-3-5-7-9-11-13-15-17-19-21-23-25-27-29-31-33-35-36-38-40-42-44-46-48-50-52-54-56-58-60-62-64-68(72)67(66-71)70-69(73)65-63-61-59-57-55-53-51-49-47-45-43-41-39-37-34-32-30-28-26-24-22-20-18-16-14-12-10-8-6-4-2/h54,56,62,64,67-68,71-72H,3-53,55,57-61,63,65-66H2,1-2H3,(H,70,73)/b56-54+,64-62+. The van der Waals surface area contributed by atoms with E-state index in [0.717, 1.165) is 32.1 Å². The van der Waals surface area contributed by atoms with Crippen molar-refractivity contribution in [1.82, 2.24) is 5.32 Å². The third-order valence-electron chi connectivity index (χ3n) is 16.2. The Morgan fingerprint density at radius 3 is 0.795 bits per heavy atom. The molecule has 4 nitrogen and oxygen atoms in total. The highest BCUT2D eigenvalue weighted by atomic mass is 16.3. The first kappa shape index (κ1) is 71.9. The molecule has 0 radical (unpaired) electrons. The lowest BCUT2D eigenvalue weighted by atomic mass is 10.0. The van der Waals surface area contributed by atoms with Crippen LogP contribution in [0.2, 0.25) is 0 Å². The van der Waals surface area contributed by atoms with E-state index in [4.69, 9.17) is 0 Å². The molecule has 3 N–H and O–H groups in total. The molecule has 0 rings (SSSR count). The zero-order valence-electron chi connectivity index (χ0n) is 50.2. The molecular weight excluding hydrogens is 891 g/mol. The number of amides is 1. The Labute approximate surface area is 459 Å². The molecular formula is C69H135NO3. The number of carbonyl (C=O) groups is 1. The average molecular weight is 1030 g/mol. The topological polar surface area (TPSA) is 69.6 Å². The summed E-state index contributed by atoms with van der Waals surface area (Å²) in [6.07, 6.45) is 88.4. The van der Waals surface area contributed by atoms with Gasteiger partial charge in [-0.05, 0) is 32.1 Å². The zero-order chi connectivity index (χ0) is 52.7. The number of rotatable bonds is 64. The lowest BCUT2D eigenvalue weighted by molar-refractivity contribution is -0.123. The summed E-state index contributed by atoms with van der Waals surface area (Å²) < 4.78 is 0. The zero-order valence-corrected chi connectivity index (χ0v) is 50.2. The van der Waals surface area contributed by atoms with Gasteiger partial charge in [-0.2, -0.15) is 0 Å². The molecule has 4 heteroatoms. The number of aliphatic hydroxyl groups excluding tert-OH is 2. The molecule has 0 bridgehead atoms. The SMILES string of the molecule is CCCCCCCCCCCCCCCCCCCCCCCCCCC/C=C/CC/C=C/C(O)C(CO)NC(=O)CCCCCCCCCCCCCCCCCCCCCCCCCCCCCCCC. The Morgan fingerprint density at radius 2 is 0.534 bits per heavy atom. The minimum atomic E-state index is -0.861. The predicted molar refractivity (Wildman–Crippen MR) is 327 cm³/mol. The molecule has 0 saturated heterocycles. The van der Waals surface area contributed by atoms with Gasteiger partial charge in [0.2, 0.25) is 5.91 Å². The van der Waals surface area contributed by atoms with Gasteiger partial charge in [-0.25, -0.2) is 0 Å². The van der Waals surface area contributed by atoms with E-state index in [1.165, 1.54) is 340 Å². The minimum Gasteiger partial charge on any atom is -0.394 e. The Bertz CT molecular complexity index is 1070. The predicted octanol–water partition coefficient (Wildman–Crippen LogP) is 23.0. The first-order valence-corrected chi connectivity index (χ1v) is 34.1. The molecule has 0 spiro atoms. The second kappa shape index (κ2) is 65.2. The Balaban J connectivity index is 3.44. The van der Waals surface area contributed by atoms with Gasteiger partial charge in [0.1, 0.15) is 0 Å². The van der Waals surface area contributed by atoms with Gasteiger partial charge in [-0.15, -0.1) is 0 Å². The average Bonchev–Trinajstić information content (AvgIpc) is 3.40. The normalized spacial score (nSPS) is 12.8. The fraction of sp³-hybridized carbons (Fsp3) is 0.928. The van der Waals surface area contributed by atoms with Crippen LogP contribution in [0.1, 0.15) is 393 Å². The maximum absolute atomic E-state index is 12.5. The quantitative estimate of drug-likeness (QED) is 0.0420. The number of unbranched alkanes of at least 4 members (excludes halogenated alkanes) is 55. The van der Waals surface area contributed by atoms with E-state index >= 15 is 0 Å². The molecule has 2 atom stereocenters. The van der Waals surface area contributed by atoms with Crippen molar-refractivity contribution >= 4 is 5.91 Å². The number of allylic oxidation sites excluding steroid dienone is 3. The van der Waals surface area contributed by atoms with Gasteiger partial charge in [0.05, 0.1) is 18.8 Å². The molecule has 0 aliphatic rings. The van der Waals surface area contributed by atoms with E-state index in [-0.39, 0.29) is 12.5 Å². The Kier molecular flexibility index (Phi) is 64.1. The van der Waals surface area contributed by atoms with E-state index in [2.05, 4.69) is 31.3 Å². The van der Waals surface area contributed by atoms with Crippen molar-refractivity contribution in [2.24, 2.45) is 0 Å². The van der Waals surface area contributed by atoms with E-state index in [1.807, 2.05) is 6.08 Å². The molecule has 73 heavy (non-hydrogen) atoms. The van der Waals surface area contributed by atoms with Gasteiger partial charge in [0, 0.05) is 6.42 Å². The van der Waals surface area contributed by atoms with Crippen molar-refractivity contribution < 1.29 is 15.0 Å². The van der Waals surface area contributed by atoms with Gasteiger partial charge in [-0.1, -0.05) is 378 Å². The number of carbonyl (C=O) groups excluding carboxylic acids is 1. The van der Waals surface area contributed by atoms with Crippen LogP contribution in [-0.2, 0) is 4.79 Å². The van der Waals surface area contributed by atoms with Gasteiger partial charge in [0.25, 0.3) is 0 Å². The highest BCUT2D eigenvalue weighted by Gasteiger charge is 2.18. The lowest BCUT2D eigenvalue weighted by Gasteiger charge is -2.19. The summed E-state index contributed by atoms with van der Waals surface area (Å²) in [4.78, 5) is 12.5. The van der Waals surface area contributed by atoms with Gasteiger partial charge in [-0.3, -0.25) is 4.79 Å². The molecule has 0 aromatic carbocycles. The molecule has 0 saturated carbocycles. The lowest BCUT2D eigenvalue weighted by Crippen LogP contribution is -2.45. The first-order chi connectivity index (χ1) is 36.2. The summed E-state index contributed by atoms with van der Waals surface area (Å²) in [5.74, 6) is -0.0643. The minimum absolute atomic E-state index is 0.0643. The summed E-state index contributed by atoms with van der Waals surface area (Å²) in [5, 5.41) is 23.3. The smallest absolute Gasteiger partial charge is 0.220 e. The number of hydrogen-bond acceptors (Lipinski definition) is 3. The second-order valence-corrected chi connectivity index (χ2v) is 23.6. The van der Waals surface area contributed by atoms with Crippen molar-refractivity contribution in [2.75, 3.05) is 6.61 Å². The Morgan fingerprint density at radius 1 is 0.315 bits per heavy atom. The second-order valence-electron chi connectivity index (χ2n) is 23.6. The van der Waals surface area contributed by atoms with E-state index in [1.54, 1.807) is 6.08 Å². The summed E-state index contributed by atoms with van der Waals surface area (Å²) >= 11 is 0. The van der Waals surface area contributed by atoms with Crippen LogP contribution >= 0.6 is 0 Å². The molecule has 0 aliphatic heterocycles. The summed E-state index contributed by atoms with van der Waals surface area (Å²) in [6, 6.07) is -0.638. The summed E-state index contributed by atoms with van der Waals surface area (Å²) in [7, 11) is 0. The highest BCUT2D eigenvalue weighted by molar-refractivity contribution is 5.76. The van der Waals surface area contributed by atoms with Crippen LogP contribution in [0.25, 0.3) is 0 Å². The third-order valence-corrected chi connectivity index (χ3v) is 16.2. The highest BCUT2D eigenvalue weighted by Crippen LogP contribution is 2.19. The number of nitrogens with one attached hydrogen (secondary N) is 1. The largest absolute Gasteiger partial charge is 0.394 e. The molecule has 0 fully saturated rings. The molecule has 0 aromatic rings. The maximum Gasteiger partial charge on any atom is 0.220 e. The Hall–Kier alpha value is -1.13.